The molecule has 0 aliphatic rings. The van der Waals surface area contributed by atoms with E-state index in [1.165, 1.54) is 19.2 Å². The average Bonchev–Trinajstić information content (AvgIpc) is 2.52. The summed E-state index contributed by atoms with van der Waals surface area (Å²) in [5, 5.41) is 5.27. The minimum Gasteiger partial charge on any atom is -0.467 e. The van der Waals surface area contributed by atoms with Gasteiger partial charge >= 0.3 is 12.0 Å². The summed E-state index contributed by atoms with van der Waals surface area (Å²) in [6, 6.07) is 5.03. The number of benzene rings is 1. The van der Waals surface area contributed by atoms with Gasteiger partial charge in [0.15, 0.2) is 0 Å². The molecule has 5 nitrogen and oxygen atoms in total. The number of halogens is 1. The highest BCUT2D eigenvalue weighted by Gasteiger charge is 2.20. The third kappa shape index (κ3) is 6.80. The van der Waals surface area contributed by atoms with Gasteiger partial charge < -0.3 is 15.4 Å². The molecule has 0 saturated carbocycles. The second-order valence-corrected chi connectivity index (χ2v) is 5.62. The lowest BCUT2D eigenvalue weighted by Crippen LogP contribution is -2.47. The van der Waals surface area contributed by atoms with Crippen LogP contribution in [0.3, 0.4) is 0 Å². The van der Waals surface area contributed by atoms with E-state index in [1.807, 2.05) is 6.26 Å². The molecule has 122 valence electrons. The van der Waals surface area contributed by atoms with Crippen LogP contribution < -0.4 is 10.6 Å². The summed E-state index contributed by atoms with van der Waals surface area (Å²) >= 11 is 1.59. The van der Waals surface area contributed by atoms with Crippen LogP contribution in [0.2, 0.25) is 0 Å². The Labute approximate surface area is 134 Å². The Balaban J connectivity index is 2.36. The molecule has 1 aromatic carbocycles. The fourth-order valence-corrected chi connectivity index (χ4v) is 2.28. The van der Waals surface area contributed by atoms with E-state index in [0.29, 0.717) is 19.4 Å². The number of hydrogen-bond acceptors (Lipinski definition) is 4. The molecular weight excluding hydrogens is 307 g/mol. The molecule has 7 heteroatoms. The van der Waals surface area contributed by atoms with Gasteiger partial charge in [-0.15, -0.1) is 0 Å². The Bertz CT molecular complexity index is 482. The number of amides is 2. The van der Waals surface area contributed by atoms with Crippen LogP contribution in [0.4, 0.5) is 9.18 Å². The number of thioether (sulfide) groups is 1. The molecule has 0 unspecified atom stereocenters. The summed E-state index contributed by atoms with van der Waals surface area (Å²) in [5.41, 5.74) is 0.925. The molecule has 2 amide bonds. The van der Waals surface area contributed by atoms with Crippen LogP contribution in [0.25, 0.3) is 0 Å². The number of nitrogens with one attached hydrogen (secondary N) is 2. The van der Waals surface area contributed by atoms with Gasteiger partial charge in [-0.1, -0.05) is 12.1 Å². The minimum absolute atomic E-state index is 0.288. The number of esters is 1. The maximum absolute atomic E-state index is 12.8. The number of rotatable bonds is 8. The molecule has 0 radical (unpaired) electrons. The molecule has 0 spiro atoms. The van der Waals surface area contributed by atoms with E-state index in [2.05, 4.69) is 15.4 Å². The molecule has 1 atom stereocenters. The monoisotopic (exact) mass is 328 g/mol. The topological polar surface area (TPSA) is 67.4 Å². The van der Waals surface area contributed by atoms with Crippen molar-refractivity contribution < 1.29 is 18.7 Å². The van der Waals surface area contributed by atoms with Crippen molar-refractivity contribution in [2.75, 3.05) is 25.7 Å². The summed E-state index contributed by atoms with van der Waals surface area (Å²) in [4.78, 5) is 23.4. The average molecular weight is 328 g/mol. The van der Waals surface area contributed by atoms with Gasteiger partial charge in [0.2, 0.25) is 0 Å². The highest BCUT2D eigenvalue weighted by molar-refractivity contribution is 7.98. The number of methoxy groups -OCH3 is 1. The fraction of sp³-hybridized carbons (Fsp3) is 0.467. The lowest BCUT2D eigenvalue weighted by molar-refractivity contribution is -0.142. The van der Waals surface area contributed by atoms with Crippen LogP contribution in [0, 0.1) is 5.82 Å². The maximum Gasteiger partial charge on any atom is 0.328 e. The highest BCUT2D eigenvalue weighted by Crippen LogP contribution is 2.04. The molecule has 0 bridgehead atoms. The Kier molecular flexibility index (Phi) is 8.35. The molecule has 0 fully saturated rings. The normalized spacial score (nSPS) is 11.6. The lowest BCUT2D eigenvalue weighted by Gasteiger charge is -2.16. The van der Waals surface area contributed by atoms with Gasteiger partial charge in [0.05, 0.1) is 7.11 Å². The highest BCUT2D eigenvalue weighted by atomic mass is 32.2. The van der Waals surface area contributed by atoms with Crippen LogP contribution in [-0.4, -0.2) is 43.7 Å². The molecule has 0 saturated heterocycles. The Morgan fingerprint density at radius 3 is 2.59 bits per heavy atom. The van der Waals surface area contributed by atoms with E-state index in [9.17, 15) is 14.0 Å². The molecule has 0 aromatic heterocycles. The number of urea groups is 1. The van der Waals surface area contributed by atoms with E-state index in [1.54, 1.807) is 23.9 Å². The van der Waals surface area contributed by atoms with Gasteiger partial charge in [0.25, 0.3) is 0 Å². The smallest absolute Gasteiger partial charge is 0.328 e. The first-order valence-corrected chi connectivity index (χ1v) is 8.31. The number of ether oxygens (including phenoxy) is 1. The van der Waals surface area contributed by atoms with Crippen molar-refractivity contribution >= 4 is 23.8 Å². The van der Waals surface area contributed by atoms with Crippen molar-refractivity contribution in [3.8, 4) is 0 Å². The molecule has 22 heavy (non-hydrogen) atoms. The summed E-state index contributed by atoms with van der Waals surface area (Å²) in [5.74, 6) is 0.00205. The Morgan fingerprint density at radius 2 is 2.00 bits per heavy atom. The van der Waals surface area contributed by atoms with E-state index >= 15 is 0 Å². The zero-order valence-corrected chi connectivity index (χ0v) is 13.5. The zero-order valence-electron chi connectivity index (χ0n) is 12.7. The predicted octanol–water partition coefficient (Wildman–Crippen LogP) is 1.96. The third-order valence-electron chi connectivity index (χ3n) is 3.01. The summed E-state index contributed by atoms with van der Waals surface area (Å²) in [6.07, 6.45) is 3.03. The van der Waals surface area contributed by atoms with Gasteiger partial charge in [-0.3, -0.25) is 0 Å². The van der Waals surface area contributed by atoms with Crippen molar-refractivity contribution in [3.63, 3.8) is 0 Å². The van der Waals surface area contributed by atoms with E-state index in [4.69, 9.17) is 0 Å². The van der Waals surface area contributed by atoms with Gasteiger partial charge in [-0.05, 0) is 42.5 Å². The van der Waals surface area contributed by atoms with Gasteiger partial charge in [-0.25, -0.2) is 14.0 Å². The molecule has 2 N–H and O–H groups in total. The van der Waals surface area contributed by atoms with Crippen molar-refractivity contribution in [2.45, 2.75) is 18.9 Å². The predicted molar refractivity (Wildman–Crippen MR) is 85.4 cm³/mol. The van der Waals surface area contributed by atoms with Crippen LogP contribution in [0.15, 0.2) is 24.3 Å². The molecule has 1 aromatic rings. The van der Waals surface area contributed by atoms with Crippen molar-refractivity contribution in [1.29, 1.82) is 0 Å². The zero-order chi connectivity index (χ0) is 16.4. The van der Waals surface area contributed by atoms with Crippen LogP contribution in [0.5, 0.6) is 0 Å². The number of carbonyl (C=O) groups excluding carboxylic acids is 2. The van der Waals surface area contributed by atoms with Gasteiger partial charge in [-0.2, -0.15) is 11.8 Å². The van der Waals surface area contributed by atoms with E-state index < -0.39 is 18.0 Å². The molecule has 0 heterocycles. The standard InChI is InChI=1S/C15H21FN2O3S/c1-21-14(19)13(8-10-22-2)18-15(20)17-9-7-11-3-5-12(16)6-4-11/h3-6,13H,7-10H2,1-2H3,(H2,17,18,20)/t13-/m0/s1. The third-order valence-corrected chi connectivity index (χ3v) is 3.66. The SMILES string of the molecule is COC(=O)[C@H](CCSC)NC(=O)NCCc1ccc(F)cc1. The molecule has 0 aliphatic carbocycles. The first-order chi connectivity index (χ1) is 10.6. The molecule has 0 aliphatic heterocycles. The van der Waals surface area contributed by atoms with Crippen LogP contribution >= 0.6 is 11.8 Å². The van der Waals surface area contributed by atoms with Gasteiger partial charge in [0, 0.05) is 6.54 Å². The van der Waals surface area contributed by atoms with Crippen molar-refractivity contribution in [1.82, 2.24) is 10.6 Å². The summed E-state index contributed by atoms with van der Waals surface area (Å²) in [6.45, 7) is 0.397. The number of hydrogen-bond donors (Lipinski definition) is 2. The van der Waals surface area contributed by atoms with Crippen molar-refractivity contribution in [3.05, 3.63) is 35.6 Å². The Hall–Kier alpha value is -1.76. The first-order valence-electron chi connectivity index (χ1n) is 6.92. The van der Waals surface area contributed by atoms with Crippen LogP contribution in [-0.2, 0) is 16.0 Å². The number of carbonyl (C=O) groups is 2. The largest absolute Gasteiger partial charge is 0.467 e. The fourth-order valence-electron chi connectivity index (χ4n) is 1.81. The minimum atomic E-state index is -0.650. The molecular formula is C15H21FN2O3S. The lowest BCUT2D eigenvalue weighted by atomic mass is 10.1. The van der Waals surface area contributed by atoms with Gasteiger partial charge in [0.1, 0.15) is 11.9 Å². The van der Waals surface area contributed by atoms with E-state index in [-0.39, 0.29) is 5.82 Å². The maximum atomic E-state index is 12.8. The van der Waals surface area contributed by atoms with Crippen molar-refractivity contribution in [2.24, 2.45) is 0 Å². The second-order valence-electron chi connectivity index (χ2n) is 4.63. The Morgan fingerprint density at radius 1 is 1.32 bits per heavy atom. The van der Waals surface area contributed by atoms with E-state index in [0.717, 1.165) is 11.3 Å². The summed E-state index contributed by atoms with van der Waals surface area (Å²) in [7, 11) is 1.29. The second kappa shape index (κ2) is 10.0. The van der Waals surface area contributed by atoms with Crippen LogP contribution in [0.1, 0.15) is 12.0 Å². The molecule has 1 rings (SSSR count). The first kappa shape index (κ1) is 18.3. The quantitative estimate of drug-likeness (QED) is 0.716. The summed E-state index contributed by atoms with van der Waals surface area (Å²) < 4.78 is 17.4.